The maximum Gasteiger partial charge on any atom is 0.119 e. The van der Waals surface area contributed by atoms with Crippen molar-refractivity contribution >= 4 is 0 Å². The number of nitrogens with one attached hydrogen (secondary N) is 1. The minimum Gasteiger partial charge on any atom is -0.491 e. The average Bonchev–Trinajstić information content (AvgIpc) is 2.42. The molecule has 0 aliphatic carbocycles. The van der Waals surface area contributed by atoms with Crippen molar-refractivity contribution in [1.29, 1.82) is 0 Å². The monoisotopic (exact) mass is 279 g/mol. The van der Waals surface area contributed by atoms with Crippen LogP contribution in [-0.2, 0) is 11.3 Å². The third-order valence-corrected chi connectivity index (χ3v) is 3.31. The van der Waals surface area contributed by atoms with Crippen LogP contribution in [0, 0.1) is 5.92 Å². The van der Waals surface area contributed by atoms with E-state index in [9.17, 15) is 0 Å². The lowest BCUT2D eigenvalue weighted by atomic mass is 10.1. The van der Waals surface area contributed by atoms with Crippen LogP contribution < -0.4 is 10.1 Å². The fourth-order valence-corrected chi connectivity index (χ4v) is 1.61. The SMILES string of the molecule is CC(C)NCc1ccc(OCCOC(C)C(C)C)cc1. The summed E-state index contributed by atoms with van der Waals surface area (Å²) < 4.78 is 11.4. The highest BCUT2D eigenvalue weighted by molar-refractivity contribution is 5.27. The summed E-state index contributed by atoms with van der Waals surface area (Å²) in [6.45, 7) is 12.8. The highest BCUT2D eigenvalue weighted by Crippen LogP contribution is 2.12. The normalized spacial score (nSPS) is 12.9. The molecule has 0 saturated heterocycles. The van der Waals surface area contributed by atoms with Crippen molar-refractivity contribution in [2.24, 2.45) is 5.92 Å². The molecule has 1 unspecified atom stereocenters. The average molecular weight is 279 g/mol. The number of ether oxygens (including phenoxy) is 2. The molecule has 0 aliphatic heterocycles. The van der Waals surface area contributed by atoms with E-state index in [0.717, 1.165) is 12.3 Å². The van der Waals surface area contributed by atoms with Crippen LogP contribution in [0.1, 0.15) is 40.2 Å². The first kappa shape index (κ1) is 17.0. The van der Waals surface area contributed by atoms with Crippen molar-refractivity contribution < 1.29 is 9.47 Å². The van der Waals surface area contributed by atoms with Gasteiger partial charge in [0.1, 0.15) is 12.4 Å². The minimum absolute atomic E-state index is 0.281. The number of hydrogen-bond acceptors (Lipinski definition) is 3. The van der Waals surface area contributed by atoms with Gasteiger partial charge in [-0.3, -0.25) is 0 Å². The summed E-state index contributed by atoms with van der Waals surface area (Å²) >= 11 is 0. The first-order valence-electron chi connectivity index (χ1n) is 7.55. The van der Waals surface area contributed by atoms with Crippen molar-refractivity contribution in [2.75, 3.05) is 13.2 Å². The van der Waals surface area contributed by atoms with Crippen molar-refractivity contribution in [3.05, 3.63) is 29.8 Å². The molecular weight excluding hydrogens is 250 g/mol. The van der Waals surface area contributed by atoms with E-state index in [4.69, 9.17) is 9.47 Å². The molecule has 0 aliphatic rings. The molecule has 0 saturated carbocycles. The van der Waals surface area contributed by atoms with E-state index in [0.29, 0.717) is 25.2 Å². The molecule has 3 heteroatoms. The van der Waals surface area contributed by atoms with Crippen molar-refractivity contribution in [2.45, 2.75) is 53.3 Å². The molecule has 1 aromatic rings. The van der Waals surface area contributed by atoms with Gasteiger partial charge < -0.3 is 14.8 Å². The van der Waals surface area contributed by atoms with Crippen LogP contribution in [-0.4, -0.2) is 25.4 Å². The summed E-state index contributed by atoms with van der Waals surface area (Å²) in [5.41, 5.74) is 1.27. The zero-order valence-corrected chi connectivity index (χ0v) is 13.5. The Labute approximate surface area is 123 Å². The second kappa shape index (κ2) is 8.98. The van der Waals surface area contributed by atoms with E-state index in [2.05, 4.69) is 52.1 Å². The summed E-state index contributed by atoms with van der Waals surface area (Å²) in [7, 11) is 0. The minimum atomic E-state index is 0.281. The lowest BCUT2D eigenvalue weighted by Gasteiger charge is -2.16. The largest absolute Gasteiger partial charge is 0.491 e. The molecule has 1 atom stereocenters. The molecule has 0 bridgehead atoms. The Balaban J connectivity index is 2.24. The van der Waals surface area contributed by atoms with Gasteiger partial charge in [0.15, 0.2) is 0 Å². The second-order valence-electron chi connectivity index (χ2n) is 5.85. The Kier molecular flexibility index (Phi) is 7.63. The number of rotatable bonds is 9. The molecule has 20 heavy (non-hydrogen) atoms. The van der Waals surface area contributed by atoms with Gasteiger partial charge >= 0.3 is 0 Å². The summed E-state index contributed by atoms with van der Waals surface area (Å²) in [5.74, 6) is 1.45. The van der Waals surface area contributed by atoms with Gasteiger partial charge in [-0.05, 0) is 30.5 Å². The molecule has 3 nitrogen and oxygen atoms in total. The summed E-state index contributed by atoms with van der Waals surface area (Å²) in [4.78, 5) is 0. The zero-order chi connectivity index (χ0) is 15.0. The molecule has 0 radical (unpaired) electrons. The summed E-state index contributed by atoms with van der Waals surface area (Å²) in [5, 5.41) is 3.40. The van der Waals surface area contributed by atoms with Crippen LogP contribution in [0.3, 0.4) is 0 Å². The van der Waals surface area contributed by atoms with Crippen molar-refractivity contribution in [3.63, 3.8) is 0 Å². The Morgan fingerprint density at radius 2 is 1.60 bits per heavy atom. The molecule has 0 heterocycles. The highest BCUT2D eigenvalue weighted by atomic mass is 16.5. The van der Waals surface area contributed by atoms with E-state index in [1.807, 2.05) is 12.1 Å². The Bertz CT molecular complexity index is 360. The summed E-state index contributed by atoms with van der Waals surface area (Å²) in [6.07, 6.45) is 0.281. The number of hydrogen-bond donors (Lipinski definition) is 1. The fraction of sp³-hybridized carbons (Fsp3) is 0.647. The van der Waals surface area contributed by atoms with Gasteiger partial charge in [-0.25, -0.2) is 0 Å². The van der Waals surface area contributed by atoms with Gasteiger partial charge in [0.05, 0.1) is 12.7 Å². The van der Waals surface area contributed by atoms with Crippen LogP contribution in [0.2, 0.25) is 0 Å². The molecule has 1 rings (SSSR count). The van der Waals surface area contributed by atoms with Crippen LogP contribution in [0.25, 0.3) is 0 Å². The standard InChI is InChI=1S/C17H29NO2/c1-13(2)15(5)19-10-11-20-17-8-6-16(7-9-17)12-18-14(3)4/h6-9,13-15,18H,10-12H2,1-5H3. The Morgan fingerprint density at radius 3 is 2.15 bits per heavy atom. The van der Waals surface area contributed by atoms with Gasteiger partial charge in [-0.2, -0.15) is 0 Å². The quantitative estimate of drug-likeness (QED) is 0.700. The molecule has 0 amide bonds. The van der Waals surface area contributed by atoms with Gasteiger partial charge in [0, 0.05) is 12.6 Å². The van der Waals surface area contributed by atoms with Gasteiger partial charge in [0.2, 0.25) is 0 Å². The third kappa shape index (κ3) is 6.92. The Hall–Kier alpha value is -1.06. The van der Waals surface area contributed by atoms with Gasteiger partial charge in [-0.1, -0.05) is 39.8 Å². The van der Waals surface area contributed by atoms with Gasteiger partial charge in [-0.15, -0.1) is 0 Å². The van der Waals surface area contributed by atoms with Crippen LogP contribution >= 0.6 is 0 Å². The predicted molar refractivity (Wildman–Crippen MR) is 84.2 cm³/mol. The second-order valence-corrected chi connectivity index (χ2v) is 5.85. The first-order chi connectivity index (χ1) is 9.49. The molecule has 0 aromatic heterocycles. The lowest BCUT2D eigenvalue weighted by molar-refractivity contribution is 0.0188. The molecule has 1 aromatic carbocycles. The first-order valence-corrected chi connectivity index (χ1v) is 7.55. The van der Waals surface area contributed by atoms with Crippen LogP contribution in [0.5, 0.6) is 5.75 Å². The number of benzene rings is 1. The maximum atomic E-state index is 5.68. The van der Waals surface area contributed by atoms with Gasteiger partial charge in [0.25, 0.3) is 0 Å². The van der Waals surface area contributed by atoms with Crippen LogP contribution in [0.15, 0.2) is 24.3 Å². The Morgan fingerprint density at radius 1 is 0.950 bits per heavy atom. The van der Waals surface area contributed by atoms with Crippen molar-refractivity contribution in [1.82, 2.24) is 5.32 Å². The van der Waals surface area contributed by atoms with Crippen molar-refractivity contribution in [3.8, 4) is 5.75 Å². The zero-order valence-electron chi connectivity index (χ0n) is 13.5. The van der Waals surface area contributed by atoms with E-state index >= 15 is 0 Å². The highest BCUT2D eigenvalue weighted by Gasteiger charge is 2.06. The third-order valence-electron chi connectivity index (χ3n) is 3.31. The van der Waals surface area contributed by atoms with E-state index in [1.165, 1.54) is 5.56 Å². The van der Waals surface area contributed by atoms with Crippen LogP contribution in [0.4, 0.5) is 0 Å². The molecule has 0 spiro atoms. The molecule has 0 fully saturated rings. The molecular formula is C17H29NO2. The molecule has 1 N–H and O–H groups in total. The topological polar surface area (TPSA) is 30.5 Å². The van der Waals surface area contributed by atoms with E-state index < -0.39 is 0 Å². The maximum absolute atomic E-state index is 5.68. The molecule has 114 valence electrons. The summed E-state index contributed by atoms with van der Waals surface area (Å²) in [6, 6.07) is 8.74. The fourth-order valence-electron chi connectivity index (χ4n) is 1.61. The lowest BCUT2D eigenvalue weighted by Crippen LogP contribution is -2.21. The predicted octanol–water partition coefficient (Wildman–Crippen LogP) is 3.62. The van der Waals surface area contributed by atoms with E-state index in [-0.39, 0.29) is 6.10 Å². The van der Waals surface area contributed by atoms with E-state index in [1.54, 1.807) is 0 Å². The smallest absolute Gasteiger partial charge is 0.119 e.